The lowest BCUT2D eigenvalue weighted by Gasteiger charge is -2.23. The molecule has 0 aliphatic carbocycles. The minimum Gasteiger partial charge on any atom is -0.326 e. The van der Waals surface area contributed by atoms with Gasteiger partial charge in [-0.25, -0.2) is 8.42 Å². The molecule has 172 valence electrons. The van der Waals surface area contributed by atoms with Gasteiger partial charge in [-0.3, -0.25) is 13.9 Å². The molecule has 0 aliphatic rings. The highest BCUT2D eigenvalue weighted by Crippen LogP contribution is 2.26. The molecule has 0 atom stereocenters. The predicted molar refractivity (Wildman–Crippen MR) is 134 cm³/mol. The molecule has 0 fully saturated rings. The van der Waals surface area contributed by atoms with Crippen LogP contribution < -0.4 is 14.9 Å². The molecular formula is C24H25N3O4S2. The van der Waals surface area contributed by atoms with Gasteiger partial charge in [-0.05, 0) is 79.9 Å². The Morgan fingerprint density at radius 3 is 2.06 bits per heavy atom. The predicted octanol–water partition coefficient (Wildman–Crippen LogP) is 4.83. The first-order valence-electron chi connectivity index (χ1n) is 10.2. The van der Waals surface area contributed by atoms with E-state index >= 15 is 0 Å². The molecule has 3 aromatic rings. The highest BCUT2D eigenvalue weighted by Gasteiger charge is 2.23. The summed E-state index contributed by atoms with van der Waals surface area (Å²) in [6, 6.07) is 19.9. The van der Waals surface area contributed by atoms with Crippen molar-refractivity contribution in [2.45, 2.75) is 23.6 Å². The van der Waals surface area contributed by atoms with Crippen molar-refractivity contribution in [2.75, 3.05) is 27.7 Å². The first-order chi connectivity index (χ1) is 15.7. The second-order valence-corrected chi connectivity index (χ2v) is 9.85. The van der Waals surface area contributed by atoms with Crippen molar-refractivity contribution in [3.05, 3.63) is 78.4 Å². The Morgan fingerprint density at radius 2 is 1.52 bits per heavy atom. The Morgan fingerprint density at radius 1 is 0.909 bits per heavy atom. The number of carbonyl (C=O) groups excluding carboxylic acids is 2. The van der Waals surface area contributed by atoms with Gasteiger partial charge in [-0.1, -0.05) is 6.07 Å². The third-order valence-corrected chi connectivity index (χ3v) is 7.45. The Hall–Kier alpha value is -3.30. The van der Waals surface area contributed by atoms with Crippen LogP contribution in [0.2, 0.25) is 0 Å². The summed E-state index contributed by atoms with van der Waals surface area (Å²) in [6.07, 6.45) is 1.93. The summed E-state index contributed by atoms with van der Waals surface area (Å²) >= 11 is 1.54. The Bertz CT molecular complexity index is 1240. The number of sulfonamides is 1. The Kier molecular flexibility index (Phi) is 7.78. The number of amides is 2. The third-order valence-electron chi connectivity index (χ3n) is 4.79. The smallest absolute Gasteiger partial charge is 0.264 e. The van der Waals surface area contributed by atoms with Crippen LogP contribution in [0.4, 0.5) is 17.1 Å². The molecule has 0 aromatic heterocycles. The fourth-order valence-electron chi connectivity index (χ4n) is 3.23. The average Bonchev–Trinajstić information content (AvgIpc) is 2.79. The molecule has 0 radical (unpaired) electrons. The molecule has 0 saturated heterocycles. The van der Waals surface area contributed by atoms with Gasteiger partial charge >= 0.3 is 0 Å². The number of nitrogens with one attached hydrogen (secondary N) is 2. The molecule has 7 nitrogen and oxygen atoms in total. The van der Waals surface area contributed by atoms with Crippen LogP contribution in [-0.2, 0) is 14.8 Å². The van der Waals surface area contributed by atoms with Crippen LogP contribution in [0, 0.1) is 0 Å². The summed E-state index contributed by atoms with van der Waals surface area (Å²) in [5.41, 5.74) is 1.95. The monoisotopic (exact) mass is 483 g/mol. The van der Waals surface area contributed by atoms with Gasteiger partial charge in [0.05, 0.1) is 10.6 Å². The van der Waals surface area contributed by atoms with Crippen LogP contribution in [-0.4, -0.2) is 33.0 Å². The van der Waals surface area contributed by atoms with Crippen LogP contribution in [0.25, 0.3) is 0 Å². The van der Waals surface area contributed by atoms with Crippen LogP contribution in [0.1, 0.15) is 24.2 Å². The highest BCUT2D eigenvalue weighted by atomic mass is 32.2. The zero-order chi connectivity index (χ0) is 24.0. The molecule has 0 saturated carbocycles. The van der Waals surface area contributed by atoms with Gasteiger partial charge in [0.25, 0.3) is 15.9 Å². The van der Waals surface area contributed by atoms with E-state index in [2.05, 4.69) is 10.6 Å². The third kappa shape index (κ3) is 5.94. The van der Waals surface area contributed by atoms with Crippen molar-refractivity contribution >= 4 is 50.7 Å². The molecule has 9 heteroatoms. The SMILES string of the molecule is CCN(c1ccc(C(=O)Nc2cccc(NC(C)=O)c2)cc1)S(=O)(=O)c1ccc(SC)cc1. The van der Waals surface area contributed by atoms with Gasteiger partial charge in [0.1, 0.15) is 0 Å². The molecule has 0 aliphatic heterocycles. The lowest BCUT2D eigenvalue weighted by Crippen LogP contribution is -2.30. The number of thioether (sulfide) groups is 1. The lowest BCUT2D eigenvalue weighted by molar-refractivity contribution is -0.114. The van der Waals surface area contributed by atoms with E-state index in [1.807, 2.05) is 6.26 Å². The first kappa shape index (κ1) is 24.3. The molecule has 0 heterocycles. The van der Waals surface area contributed by atoms with E-state index in [9.17, 15) is 18.0 Å². The summed E-state index contributed by atoms with van der Waals surface area (Å²) in [6.45, 7) is 3.41. The van der Waals surface area contributed by atoms with E-state index in [1.54, 1.807) is 91.5 Å². The molecule has 2 amide bonds. The van der Waals surface area contributed by atoms with Gasteiger partial charge < -0.3 is 10.6 Å². The summed E-state index contributed by atoms with van der Waals surface area (Å²) in [7, 11) is -3.74. The maximum atomic E-state index is 13.1. The maximum Gasteiger partial charge on any atom is 0.264 e. The highest BCUT2D eigenvalue weighted by molar-refractivity contribution is 7.98. The number of carbonyl (C=O) groups is 2. The molecule has 2 N–H and O–H groups in total. The number of rotatable bonds is 8. The average molecular weight is 484 g/mol. The summed E-state index contributed by atoms with van der Waals surface area (Å²) < 4.78 is 27.6. The second kappa shape index (κ2) is 10.5. The summed E-state index contributed by atoms with van der Waals surface area (Å²) in [4.78, 5) is 25.1. The van der Waals surface area contributed by atoms with Crippen molar-refractivity contribution in [3.8, 4) is 0 Å². The molecule has 3 rings (SSSR count). The minimum absolute atomic E-state index is 0.204. The van der Waals surface area contributed by atoms with Crippen molar-refractivity contribution < 1.29 is 18.0 Å². The van der Waals surface area contributed by atoms with Crippen molar-refractivity contribution in [3.63, 3.8) is 0 Å². The van der Waals surface area contributed by atoms with Gasteiger partial charge in [0, 0.05) is 35.3 Å². The number of nitrogens with zero attached hydrogens (tertiary/aromatic N) is 1. The molecule has 33 heavy (non-hydrogen) atoms. The van der Waals surface area contributed by atoms with Crippen LogP contribution in [0.15, 0.2) is 82.6 Å². The van der Waals surface area contributed by atoms with E-state index in [4.69, 9.17) is 0 Å². The standard InChI is InChI=1S/C24H25N3O4S2/c1-4-27(33(30,31)23-14-12-22(32-3)13-15-23)21-10-8-18(9-11-21)24(29)26-20-7-5-6-19(16-20)25-17(2)28/h5-16H,4H2,1-3H3,(H,25,28)(H,26,29). The zero-order valence-electron chi connectivity index (χ0n) is 18.5. The Labute approximate surface area is 198 Å². The molecule has 0 bridgehead atoms. The topological polar surface area (TPSA) is 95.6 Å². The Balaban J connectivity index is 1.77. The van der Waals surface area contributed by atoms with Gasteiger partial charge in [-0.15, -0.1) is 11.8 Å². The number of hydrogen-bond donors (Lipinski definition) is 2. The fraction of sp³-hybridized carbons (Fsp3) is 0.167. The van der Waals surface area contributed by atoms with Crippen LogP contribution in [0.3, 0.4) is 0 Å². The minimum atomic E-state index is -3.74. The van der Waals surface area contributed by atoms with Gasteiger partial charge in [0.15, 0.2) is 0 Å². The van der Waals surface area contributed by atoms with E-state index in [1.165, 1.54) is 11.2 Å². The van der Waals surface area contributed by atoms with Gasteiger partial charge in [-0.2, -0.15) is 0 Å². The lowest BCUT2D eigenvalue weighted by atomic mass is 10.2. The van der Waals surface area contributed by atoms with Crippen molar-refractivity contribution in [1.82, 2.24) is 0 Å². The summed E-state index contributed by atoms with van der Waals surface area (Å²) in [5, 5.41) is 5.44. The molecule has 3 aromatic carbocycles. The van der Waals surface area contributed by atoms with E-state index < -0.39 is 10.0 Å². The van der Waals surface area contributed by atoms with E-state index in [0.717, 1.165) is 4.90 Å². The number of benzene rings is 3. The largest absolute Gasteiger partial charge is 0.326 e. The van der Waals surface area contributed by atoms with E-state index in [0.29, 0.717) is 22.6 Å². The molecular weight excluding hydrogens is 458 g/mol. The number of hydrogen-bond acceptors (Lipinski definition) is 5. The molecule has 0 spiro atoms. The second-order valence-electron chi connectivity index (χ2n) is 7.11. The van der Waals surface area contributed by atoms with Crippen LogP contribution in [0.5, 0.6) is 0 Å². The summed E-state index contributed by atoms with van der Waals surface area (Å²) in [5.74, 6) is -0.551. The normalized spacial score (nSPS) is 11.0. The maximum absolute atomic E-state index is 13.1. The quantitative estimate of drug-likeness (QED) is 0.447. The van der Waals surface area contributed by atoms with Crippen LogP contribution >= 0.6 is 11.8 Å². The van der Waals surface area contributed by atoms with E-state index in [-0.39, 0.29) is 23.3 Å². The van der Waals surface area contributed by atoms with Crippen molar-refractivity contribution in [1.29, 1.82) is 0 Å². The first-order valence-corrected chi connectivity index (χ1v) is 12.9. The zero-order valence-corrected chi connectivity index (χ0v) is 20.2. The fourth-order valence-corrected chi connectivity index (χ4v) is 5.11. The number of anilines is 3. The van der Waals surface area contributed by atoms with Crippen molar-refractivity contribution in [2.24, 2.45) is 0 Å². The molecule has 0 unspecified atom stereocenters. The van der Waals surface area contributed by atoms with Gasteiger partial charge in [0.2, 0.25) is 5.91 Å².